The van der Waals surface area contributed by atoms with E-state index in [1.54, 1.807) is 17.0 Å². The summed E-state index contributed by atoms with van der Waals surface area (Å²) in [5.41, 5.74) is 0.800. The molecule has 0 atom stereocenters. The molecule has 0 bridgehead atoms. The molecule has 0 aliphatic rings. The van der Waals surface area contributed by atoms with Crippen LogP contribution in [0.3, 0.4) is 0 Å². The van der Waals surface area contributed by atoms with E-state index in [0.29, 0.717) is 19.6 Å². The highest BCUT2D eigenvalue weighted by Gasteiger charge is 2.17. The molecule has 1 aromatic rings. The largest absolute Gasteiger partial charge is 0.342 e. The van der Waals surface area contributed by atoms with Crippen molar-refractivity contribution in [1.29, 1.82) is 0 Å². The van der Waals surface area contributed by atoms with Gasteiger partial charge in [0.25, 0.3) is 0 Å². The first-order chi connectivity index (χ1) is 9.47. The van der Waals surface area contributed by atoms with Gasteiger partial charge in [-0.15, -0.1) is 0 Å². The van der Waals surface area contributed by atoms with Gasteiger partial charge in [0.05, 0.1) is 0 Å². The number of halogens is 1. The zero-order chi connectivity index (χ0) is 15.1. The molecule has 0 radical (unpaired) electrons. The predicted molar refractivity (Wildman–Crippen MR) is 75.4 cm³/mol. The Hall–Kier alpha value is -1.91. The molecule has 0 heterocycles. The summed E-state index contributed by atoms with van der Waals surface area (Å²) >= 11 is 0. The van der Waals surface area contributed by atoms with Crippen LogP contribution in [-0.2, 0) is 16.1 Å². The van der Waals surface area contributed by atoms with Gasteiger partial charge in [0.15, 0.2) is 0 Å². The summed E-state index contributed by atoms with van der Waals surface area (Å²) in [6.07, 6.45) is 0. The van der Waals surface area contributed by atoms with Crippen molar-refractivity contribution >= 4 is 11.8 Å². The quantitative estimate of drug-likeness (QED) is 0.800. The number of likely N-dealkylation sites (N-methyl/N-ethyl adjacent to an activating group) is 1. The van der Waals surface area contributed by atoms with Crippen molar-refractivity contribution in [2.75, 3.05) is 19.6 Å². The number of hydrogen-bond acceptors (Lipinski definition) is 2. The van der Waals surface area contributed by atoms with Gasteiger partial charge in [0.1, 0.15) is 12.4 Å². The summed E-state index contributed by atoms with van der Waals surface area (Å²) in [6.45, 7) is 6.84. The topological polar surface area (TPSA) is 40.6 Å². The van der Waals surface area contributed by atoms with Crippen LogP contribution >= 0.6 is 0 Å². The van der Waals surface area contributed by atoms with E-state index in [1.165, 1.54) is 24.0 Å². The van der Waals surface area contributed by atoms with Gasteiger partial charge in [-0.05, 0) is 31.5 Å². The second kappa shape index (κ2) is 7.62. The van der Waals surface area contributed by atoms with Crippen LogP contribution in [0, 0.1) is 5.82 Å². The molecule has 0 saturated heterocycles. The van der Waals surface area contributed by atoms with Crippen molar-refractivity contribution in [3.8, 4) is 0 Å². The smallest absolute Gasteiger partial charge is 0.242 e. The highest BCUT2D eigenvalue weighted by molar-refractivity contribution is 5.83. The molecule has 4 nitrogen and oxygen atoms in total. The van der Waals surface area contributed by atoms with Gasteiger partial charge in [0.2, 0.25) is 11.8 Å². The third-order valence-electron chi connectivity index (χ3n) is 3.17. The normalized spacial score (nSPS) is 10.2. The Morgan fingerprint density at radius 3 is 2.05 bits per heavy atom. The van der Waals surface area contributed by atoms with E-state index in [9.17, 15) is 14.0 Å². The van der Waals surface area contributed by atoms with E-state index in [-0.39, 0.29) is 24.2 Å². The van der Waals surface area contributed by atoms with Gasteiger partial charge in [-0.3, -0.25) is 9.59 Å². The molecule has 5 heteroatoms. The molecule has 0 aliphatic heterocycles. The number of nitrogens with zero attached hydrogens (tertiary/aromatic N) is 2. The first-order valence-corrected chi connectivity index (χ1v) is 6.75. The van der Waals surface area contributed by atoms with Crippen LogP contribution in [0.5, 0.6) is 0 Å². The number of carbonyl (C=O) groups is 2. The van der Waals surface area contributed by atoms with Crippen molar-refractivity contribution in [2.45, 2.75) is 27.3 Å². The Labute approximate surface area is 119 Å². The second-order valence-electron chi connectivity index (χ2n) is 4.57. The van der Waals surface area contributed by atoms with Crippen molar-refractivity contribution < 1.29 is 14.0 Å². The average Bonchev–Trinajstić information content (AvgIpc) is 2.41. The Balaban J connectivity index is 2.72. The molecule has 0 aromatic heterocycles. The van der Waals surface area contributed by atoms with Crippen LogP contribution < -0.4 is 0 Å². The minimum absolute atomic E-state index is 0.0500. The maximum absolute atomic E-state index is 12.8. The Morgan fingerprint density at radius 2 is 1.60 bits per heavy atom. The van der Waals surface area contributed by atoms with Crippen LogP contribution in [0.15, 0.2) is 24.3 Å². The SMILES string of the molecule is CCN(CC)C(=O)CN(Cc1ccc(F)cc1)C(C)=O. The third kappa shape index (κ3) is 4.64. The third-order valence-corrected chi connectivity index (χ3v) is 3.17. The summed E-state index contributed by atoms with van der Waals surface area (Å²) in [5.74, 6) is -0.565. The molecule has 0 unspecified atom stereocenters. The van der Waals surface area contributed by atoms with E-state index in [0.717, 1.165) is 5.56 Å². The Bertz CT molecular complexity index is 455. The van der Waals surface area contributed by atoms with Crippen LogP contribution in [0.2, 0.25) is 0 Å². The van der Waals surface area contributed by atoms with E-state index < -0.39 is 0 Å². The first kappa shape index (κ1) is 16.1. The molecular weight excluding hydrogens is 259 g/mol. The van der Waals surface area contributed by atoms with Crippen molar-refractivity contribution in [1.82, 2.24) is 9.80 Å². The second-order valence-corrected chi connectivity index (χ2v) is 4.57. The summed E-state index contributed by atoms with van der Waals surface area (Å²) in [6, 6.07) is 5.93. The van der Waals surface area contributed by atoms with Crippen LogP contribution in [0.25, 0.3) is 0 Å². The maximum atomic E-state index is 12.8. The van der Waals surface area contributed by atoms with Crippen molar-refractivity contribution in [3.05, 3.63) is 35.6 Å². The molecular formula is C15H21FN2O2. The van der Waals surface area contributed by atoms with E-state index in [2.05, 4.69) is 0 Å². The summed E-state index contributed by atoms with van der Waals surface area (Å²) in [5, 5.41) is 0. The van der Waals surface area contributed by atoms with Gasteiger partial charge in [-0.1, -0.05) is 12.1 Å². The zero-order valence-electron chi connectivity index (χ0n) is 12.2. The van der Waals surface area contributed by atoms with Gasteiger partial charge < -0.3 is 9.80 Å². The fraction of sp³-hybridized carbons (Fsp3) is 0.467. The number of benzene rings is 1. The van der Waals surface area contributed by atoms with Gasteiger partial charge in [-0.2, -0.15) is 0 Å². The molecule has 110 valence electrons. The standard InChI is InChI=1S/C15H21FN2O2/c1-4-17(5-2)15(20)11-18(12(3)19)10-13-6-8-14(16)9-7-13/h6-9H,4-5,10-11H2,1-3H3. The Kier molecular flexibility index (Phi) is 6.15. The van der Waals surface area contributed by atoms with Gasteiger partial charge in [0, 0.05) is 26.6 Å². The maximum Gasteiger partial charge on any atom is 0.242 e. The van der Waals surface area contributed by atoms with E-state index in [1.807, 2.05) is 13.8 Å². The lowest BCUT2D eigenvalue weighted by Gasteiger charge is -2.25. The number of hydrogen-bond donors (Lipinski definition) is 0. The van der Waals surface area contributed by atoms with E-state index >= 15 is 0 Å². The van der Waals surface area contributed by atoms with Crippen molar-refractivity contribution in [3.63, 3.8) is 0 Å². The van der Waals surface area contributed by atoms with Gasteiger partial charge >= 0.3 is 0 Å². The first-order valence-electron chi connectivity index (χ1n) is 6.75. The molecule has 0 fully saturated rings. The zero-order valence-corrected chi connectivity index (χ0v) is 12.2. The van der Waals surface area contributed by atoms with Crippen LogP contribution in [0.1, 0.15) is 26.3 Å². The molecule has 2 amide bonds. The highest BCUT2D eigenvalue weighted by atomic mass is 19.1. The highest BCUT2D eigenvalue weighted by Crippen LogP contribution is 2.07. The lowest BCUT2D eigenvalue weighted by atomic mass is 10.2. The predicted octanol–water partition coefficient (Wildman–Crippen LogP) is 2.04. The van der Waals surface area contributed by atoms with Crippen molar-refractivity contribution in [2.24, 2.45) is 0 Å². The summed E-state index contributed by atoms with van der Waals surface area (Å²) in [7, 11) is 0. The number of carbonyl (C=O) groups excluding carboxylic acids is 2. The van der Waals surface area contributed by atoms with Crippen LogP contribution in [0.4, 0.5) is 4.39 Å². The molecule has 0 N–H and O–H groups in total. The fourth-order valence-corrected chi connectivity index (χ4v) is 1.93. The molecule has 0 saturated carbocycles. The van der Waals surface area contributed by atoms with E-state index in [4.69, 9.17) is 0 Å². The lowest BCUT2D eigenvalue weighted by Crippen LogP contribution is -2.41. The summed E-state index contributed by atoms with van der Waals surface area (Å²) < 4.78 is 12.8. The monoisotopic (exact) mass is 280 g/mol. The molecule has 0 spiro atoms. The minimum atomic E-state index is -0.317. The van der Waals surface area contributed by atoms with Crippen LogP contribution in [-0.4, -0.2) is 41.2 Å². The minimum Gasteiger partial charge on any atom is -0.342 e. The van der Waals surface area contributed by atoms with Gasteiger partial charge in [-0.25, -0.2) is 4.39 Å². The Morgan fingerprint density at radius 1 is 1.05 bits per heavy atom. The summed E-state index contributed by atoms with van der Waals surface area (Å²) in [4.78, 5) is 26.8. The number of amides is 2. The average molecular weight is 280 g/mol. The molecule has 1 rings (SSSR count). The lowest BCUT2D eigenvalue weighted by molar-refractivity contribution is -0.139. The molecule has 1 aromatic carbocycles. The number of rotatable bonds is 6. The molecule has 0 aliphatic carbocycles. The molecule has 20 heavy (non-hydrogen) atoms. The fourth-order valence-electron chi connectivity index (χ4n) is 1.93.